The van der Waals surface area contributed by atoms with Gasteiger partial charge in [0, 0.05) is 33.4 Å². The minimum Gasteiger partial charge on any atom is -0.444 e. The molecule has 138 valence electrons. The Kier molecular flexibility index (Phi) is 13.0. The van der Waals surface area contributed by atoms with Crippen molar-refractivity contribution in [3.63, 3.8) is 0 Å². The topological polar surface area (TPSA) is 78.1 Å². The summed E-state index contributed by atoms with van der Waals surface area (Å²) in [7, 11) is 3.34. The van der Waals surface area contributed by atoms with Crippen molar-refractivity contribution in [3.05, 3.63) is 0 Å². The van der Waals surface area contributed by atoms with Crippen molar-refractivity contribution in [2.45, 2.75) is 45.3 Å². The number of hydrogen-bond acceptors (Lipinski definition) is 6. The summed E-state index contributed by atoms with van der Waals surface area (Å²) in [6.45, 7) is 9.37. The number of nitrogens with one attached hydrogen (secondary N) is 2. The van der Waals surface area contributed by atoms with E-state index in [0.717, 1.165) is 19.4 Å². The van der Waals surface area contributed by atoms with Gasteiger partial charge in [0.15, 0.2) is 0 Å². The Morgan fingerprint density at radius 3 is 2.39 bits per heavy atom. The van der Waals surface area contributed by atoms with Crippen molar-refractivity contribution in [3.8, 4) is 0 Å². The second kappa shape index (κ2) is 13.5. The van der Waals surface area contributed by atoms with Crippen molar-refractivity contribution < 1.29 is 23.7 Å². The third kappa shape index (κ3) is 15.8. The fourth-order valence-corrected chi connectivity index (χ4v) is 1.88. The van der Waals surface area contributed by atoms with Gasteiger partial charge in [0.1, 0.15) is 5.60 Å². The van der Waals surface area contributed by atoms with E-state index in [0.29, 0.717) is 33.0 Å². The van der Waals surface area contributed by atoms with Crippen LogP contribution in [0.15, 0.2) is 0 Å². The molecule has 23 heavy (non-hydrogen) atoms. The molecule has 1 amide bonds. The molecular weight excluding hydrogens is 300 g/mol. The minimum absolute atomic E-state index is 0.242. The number of methoxy groups -OCH3 is 2. The van der Waals surface area contributed by atoms with E-state index in [4.69, 9.17) is 18.9 Å². The highest BCUT2D eigenvalue weighted by Gasteiger charge is 2.15. The third-order valence-corrected chi connectivity index (χ3v) is 2.88. The van der Waals surface area contributed by atoms with Crippen LogP contribution in [-0.4, -0.2) is 71.5 Å². The summed E-state index contributed by atoms with van der Waals surface area (Å²) < 4.78 is 20.7. The van der Waals surface area contributed by atoms with Gasteiger partial charge in [0.25, 0.3) is 0 Å². The summed E-state index contributed by atoms with van der Waals surface area (Å²) in [5.41, 5.74) is -0.465. The Hall–Kier alpha value is -0.890. The number of hydrogen-bond donors (Lipinski definition) is 2. The Balaban J connectivity index is 3.73. The molecule has 0 heterocycles. The van der Waals surface area contributed by atoms with Gasteiger partial charge in [-0.3, -0.25) is 0 Å². The lowest BCUT2D eigenvalue weighted by molar-refractivity contribution is 0.0525. The number of alkyl carbamates (subject to hydrolysis) is 1. The Morgan fingerprint density at radius 1 is 1.04 bits per heavy atom. The highest BCUT2D eigenvalue weighted by Crippen LogP contribution is 2.06. The molecule has 0 aliphatic rings. The van der Waals surface area contributed by atoms with Crippen LogP contribution in [0, 0.1) is 0 Å². The van der Waals surface area contributed by atoms with Crippen LogP contribution in [0.4, 0.5) is 4.79 Å². The maximum Gasteiger partial charge on any atom is 0.407 e. The average Bonchev–Trinajstić information content (AvgIpc) is 2.45. The molecule has 0 aliphatic carbocycles. The summed E-state index contributed by atoms with van der Waals surface area (Å²) in [6, 6.07) is 0.242. The number of carbonyl (C=O) groups excluding carboxylic acids is 1. The van der Waals surface area contributed by atoms with Gasteiger partial charge >= 0.3 is 6.09 Å². The monoisotopic (exact) mass is 334 g/mol. The highest BCUT2D eigenvalue weighted by molar-refractivity contribution is 5.67. The second-order valence-corrected chi connectivity index (χ2v) is 6.28. The lowest BCUT2D eigenvalue weighted by Gasteiger charge is -2.20. The molecule has 1 unspecified atom stereocenters. The molecule has 7 nitrogen and oxygen atoms in total. The lowest BCUT2D eigenvalue weighted by atomic mass is 10.1. The summed E-state index contributed by atoms with van der Waals surface area (Å²) >= 11 is 0. The van der Waals surface area contributed by atoms with E-state index in [9.17, 15) is 4.79 Å². The maximum atomic E-state index is 11.5. The van der Waals surface area contributed by atoms with Crippen LogP contribution in [0.5, 0.6) is 0 Å². The lowest BCUT2D eigenvalue weighted by Crippen LogP contribution is -2.37. The quantitative estimate of drug-likeness (QED) is 0.498. The number of amides is 1. The molecule has 0 aromatic rings. The molecule has 0 aromatic heterocycles. The molecule has 0 saturated carbocycles. The smallest absolute Gasteiger partial charge is 0.407 e. The molecule has 7 heteroatoms. The van der Waals surface area contributed by atoms with Crippen LogP contribution < -0.4 is 10.6 Å². The van der Waals surface area contributed by atoms with E-state index >= 15 is 0 Å². The van der Waals surface area contributed by atoms with Gasteiger partial charge in [-0.15, -0.1) is 0 Å². The van der Waals surface area contributed by atoms with Gasteiger partial charge in [0.05, 0.1) is 26.4 Å². The van der Waals surface area contributed by atoms with Gasteiger partial charge < -0.3 is 29.6 Å². The molecule has 0 aliphatic heterocycles. The first-order valence-electron chi connectivity index (χ1n) is 8.15. The van der Waals surface area contributed by atoms with Gasteiger partial charge in [-0.2, -0.15) is 0 Å². The van der Waals surface area contributed by atoms with Crippen LogP contribution in [0.1, 0.15) is 33.6 Å². The Morgan fingerprint density at radius 2 is 1.78 bits per heavy atom. The zero-order valence-corrected chi connectivity index (χ0v) is 15.3. The first kappa shape index (κ1) is 22.1. The van der Waals surface area contributed by atoms with Gasteiger partial charge in [-0.05, 0) is 33.6 Å². The van der Waals surface area contributed by atoms with E-state index in [1.165, 1.54) is 0 Å². The van der Waals surface area contributed by atoms with Crippen LogP contribution in [0.2, 0.25) is 0 Å². The SMILES string of the molecule is COCCOCCNC(CCCNC(=O)OC(C)(C)C)COC. The molecule has 0 aromatic carbocycles. The normalized spacial score (nSPS) is 12.9. The number of carbonyl (C=O) groups is 1. The van der Waals surface area contributed by atoms with Crippen LogP contribution in [-0.2, 0) is 18.9 Å². The van der Waals surface area contributed by atoms with E-state index in [1.807, 2.05) is 20.8 Å². The average molecular weight is 334 g/mol. The molecule has 0 radical (unpaired) electrons. The molecular formula is C16H34N2O5. The predicted octanol–water partition coefficient (Wildman–Crippen LogP) is 1.56. The largest absolute Gasteiger partial charge is 0.444 e. The summed E-state index contributed by atoms with van der Waals surface area (Å²) in [6.07, 6.45) is 1.38. The van der Waals surface area contributed by atoms with Gasteiger partial charge in [-0.1, -0.05) is 0 Å². The number of ether oxygens (including phenoxy) is 4. The predicted molar refractivity (Wildman–Crippen MR) is 89.8 cm³/mol. The molecule has 0 fully saturated rings. The zero-order chi connectivity index (χ0) is 17.6. The first-order valence-corrected chi connectivity index (χ1v) is 8.15. The Bertz CT molecular complexity index is 295. The molecule has 2 N–H and O–H groups in total. The van der Waals surface area contributed by atoms with E-state index in [2.05, 4.69) is 10.6 Å². The fraction of sp³-hybridized carbons (Fsp3) is 0.938. The van der Waals surface area contributed by atoms with Crippen molar-refractivity contribution in [1.29, 1.82) is 0 Å². The van der Waals surface area contributed by atoms with E-state index < -0.39 is 5.60 Å². The van der Waals surface area contributed by atoms with E-state index in [-0.39, 0.29) is 12.1 Å². The van der Waals surface area contributed by atoms with Crippen molar-refractivity contribution in [2.75, 3.05) is 53.7 Å². The highest BCUT2D eigenvalue weighted by atomic mass is 16.6. The third-order valence-electron chi connectivity index (χ3n) is 2.88. The molecule has 0 bridgehead atoms. The molecule has 0 saturated heterocycles. The van der Waals surface area contributed by atoms with Crippen LogP contribution in [0.3, 0.4) is 0 Å². The van der Waals surface area contributed by atoms with Crippen molar-refractivity contribution in [2.24, 2.45) is 0 Å². The van der Waals surface area contributed by atoms with Crippen molar-refractivity contribution in [1.82, 2.24) is 10.6 Å². The number of rotatable bonds is 13. The zero-order valence-electron chi connectivity index (χ0n) is 15.3. The van der Waals surface area contributed by atoms with Crippen LogP contribution >= 0.6 is 0 Å². The van der Waals surface area contributed by atoms with Crippen LogP contribution in [0.25, 0.3) is 0 Å². The van der Waals surface area contributed by atoms with Crippen molar-refractivity contribution >= 4 is 6.09 Å². The van der Waals surface area contributed by atoms with E-state index in [1.54, 1.807) is 14.2 Å². The fourth-order valence-electron chi connectivity index (χ4n) is 1.88. The standard InChI is InChI=1S/C16H34N2O5/c1-16(2,3)23-15(19)18-8-6-7-14(13-21-5)17-9-10-22-12-11-20-4/h14,17H,6-13H2,1-5H3,(H,18,19). The second-order valence-electron chi connectivity index (χ2n) is 6.28. The molecule has 0 spiro atoms. The summed E-state index contributed by atoms with van der Waals surface area (Å²) in [5, 5.41) is 6.15. The van der Waals surface area contributed by atoms with Gasteiger partial charge in [0.2, 0.25) is 0 Å². The molecule has 1 atom stereocenters. The maximum absolute atomic E-state index is 11.5. The van der Waals surface area contributed by atoms with Gasteiger partial charge in [-0.25, -0.2) is 4.79 Å². The Labute approximate surface area is 140 Å². The minimum atomic E-state index is -0.465. The molecule has 0 rings (SSSR count). The summed E-state index contributed by atoms with van der Waals surface area (Å²) in [5.74, 6) is 0. The summed E-state index contributed by atoms with van der Waals surface area (Å²) in [4.78, 5) is 11.5. The first-order chi connectivity index (χ1) is 10.9.